The highest BCUT2D eigenvalue weighted by Gasteiger charge is 2.06. The van der Waals surface area contributed by atoms with E-state index in [1.807, 2.05) is 31.2 Å². The highest BCUT2D eigenvalue weighted by molar-refractivity contribution is 5.91. The average molecular weight is 343 g/mol. The molecule has 1 amide bonds. The molecule has 0 radical (unpaired) electrons. The van der Waals surface area contributed by atoms with Gasteiger partial charge < -0.3 is 19.7 Å². The van der Waals surface area contributed by atoms with Crippen molar-refractivity contribution in [2.45, 2.75) is 20.8 Å². The third-order valence-electron chi connectivity index (χ3n) is 3.62. The third-order valence-corrected chi connectivity index (χ3v) is 3.62. The van der Waals surface area contributed by atoms with E-state index in [9.17, 15) is 4.79 Å². The lowest BCUT2D eigenvalue weighted by Gasteiger charge is -2.19. The predicted molar refractivity (Wildman–Crippen MR) is 99.5 cm³/mol. The molecule has 1 aromatic carbocycles. The van der Waals surface area contributed by atoms with Crippen LogP contribution in [0.3, 0.4) is 0 Å². The van der Waals surface area contributed by atoms with Crippen molar-refractivity contribution in [2.75, 3.05) is 36.5 Å². The molecular weight excluding hydrogens is 318 g/mol. The van der Waals surface area contributed by atoms with Gasteiger partial charge in [-0.25, -0.2) is 4.98 Å². The number of hydrogen-bond acceptors (Lipinski definition) is 5. The summed E-state index contributed by atoms with van der Waals surface area (Å²) in [6.45, 7) is 8.43. The van der Waals surface area contributed by atoms with Gasteiger partial charge in [-0.1, -0.05) is 0 Å². The normalized spacial score (nSPS) is 10.2. The SMILES string of the molecule is CCOc1ccc(OCC(=O)Nc2ccc(N(CC)CC)nc2)cc1. The van der Waals surface area contributed by atoms with Crippen LogP contribution in [0.5, 0.6) is 11.5 Å². The summed E-state index contributed by atoms with van der Waals surface area (Å²) in [5, 5.41) is 2.78. The van der Waals surface area contributed by atoms with Crippen LogP contribution in [0.2, 0.25) is 0 Å². The molecule has 0 aliphatic rings. The number of nitrogens with one attached hydrogen (secondary N) is 1. The van der Waals surface area contributed by atoms with E-state index in [1.54, 1.807) is 18.3 Å². The van der Waals surface area contributed by atoms with Crippen LogP contribution >= 0.6 is 0 Å². The fraction of sp³-hybridized carbons (Fsp3) is 0.368. The average Bonchev–Trinajstić information content (AvgIpc) is 2.64. The molecule has 6 heteroatoms. The van der Waals surface area contributed by atoms with Crippen LogP contribution in [0, 0.1) is 0 Å². The maximum Gasteiger partial charge on any atom is 0.262 e. The molecule has 2 rings (SSSR count). The molecule has 0 saturated heterocycles. The van der Waals surface area contributed by atoms with Gasteiger partial charge in [-0.05, 0) is 57.2 Å². The van der Waals surface area contributed by atoms with Gasteiger partial charge in [-0.2, -0.15) is 0 Å². The van der Waals surface area contributed by atoms with Gasteiger partial charge in [0.05, 0.1) is 18.5 Å². The minimum atomic E-state index is -0.230. The van der Waals surface area contributed by atoms with Gasteiger partial charge in [-0.15, -0.1) is 0 Å². The summed E-state index contributed by atoms with van der Waals surface area (Å²) in [5.74, 6) is 2.06. The molecule has 2 aromatic rings. The summed E-state index contributed by atoms with van der Waals surface area (Å²) in [7, 11) is 0. The molecule has 6 nitrogen and oxygen atoms in total. The lowest BCUT2D eigenvalue weighted by atomic mass is 10.3. The predicted octanol–water partition coefficient (Wildman–Crippen LogP) is 3.34. The third kappa shape index (κ3) is 5.67. The fourth-order valence-electron chi connectivity index (χ4n) is 2.34. The van der Waals surface area contributed by atoms with Gasteiger partial charge in [-0.3, -0.25) is 4.79 Å². The van der Waals surface area contributed by atoms with E-state index in [1.165, 1.54) is 0 Å². The minimum Gasteiger partial charge on any atom is -0.494 e. The maximum absolute atomic E-state index is 12.0. The first-order valence-electron chi connectivity index (χ1n) is 8.52. The quantitative estimate of drug-likeness (QED) is 0.756. The summed E-state index contributed by atoms with van der Waals surface area (Å²) in [6.07, 6.45) is 1.66. The Bertz CT molecular complexity index is 653. The molecule has 0 spiro atoms. The van der Waals surface area contributed by atoms with E-state index in [2.05, 4.69) is 29.0 Å². The Balaban J connectivity index is 1.83. The van der Waals surface area contributed by atoms with Crippen LogP contribution in [-0.2, 0) is 4.79 Å². The van der Waals surface area contributed by atoms with Gasteiger partial charge >= 0.3 is 0 Å². The molecule has 0 aliphatic carbocycles. The zero-order valence-electron chi connectivity index (χ0n) is 15.0. The summed E-state index contributed by atoms with van der Waals surface area (Å²) in [5.41, 5.74) is 0.649. The zero-order chi connectivity index (χ0) is 18.1. The van der Waals surface area contributed by atoms with Crippen LogP contribution in [0.15, 0.2) is 42.6 Å². The Morgan fingerprint density at radius 2 is 1.64 bits per heavy atom. The van der Waals surface area contributed by atoms with Crippen molar-refractivity contribution in [3.63, 3.8) is 0 Å². The van der Waals surface area contributed by atoms with Crippen LogP contribution in [0.4, 0.5) is 11.5 Å². The smallest absolute Gasteiger partial charge is 0.262 e. The van der Waals surface area contributed by atoms with E-state index in [0.29, 0.717) is 18.0 Å². The van der Waals surface area contributed by atoms with Crippen molar-refractivity contribution in [1.29, 1.82) is 0 Å². The van der Waals surface area contributed by atoms with E-state index < -0.39 is 0 Å². The fourth-order valence-corrected chi connectivity index (χ4v) is 2.34. The molecule has 0 bridgehead atoms. The number of carbonyl (C=O) groups excluding carboxylic acids is 1. The van der Waals surface area contributed by atoms with Crippen LogP contribution in [0.25, 0.3) is 0 Å². The molecule has 0 aliphatic heterocycles. The van der Waals surface area contributed by atoms with Crippen LogP contribution in [0.1, 0.15) is 20.8 Å². The molecule has 0 atom stereocenters. The number of pyridine rings is 1. The lowest BCUT2D eigenvalue weighted by molar-refractivity contribution is -0.118. The topological polar surface area (TPSA) is 63.7 Å². The second-order valence-electron chi connectivity index (χ2n) is 5.32. The van der Waals surface area contributed by atoms with Crippen molar-refractivity contribution in [2.24, 2.45) is 0 Å². The number of ether oxygens (including phenoxy) is 2. The van der Waals surface area contributed by atoms with E-state index >= 15 is 0 Å². The molecule has 1 aromatic heterocycles. The first kappa shape index (κ1) is 18.6. The maximum atomic E-state index is 12.0. The molecular formula is C19H25N3O3. The summed E-state index contributed by atoms with van der Waals surface area (Å²) >= 11 is 0. The molecule has 134 valence electrons. The van der Waals surface area contributed by atoms with Crippen molar-refractivity contribution in [3.8, 4) is 11.5 Å². The Hall–Kier alpha value is -2.76. The Kier molecular flexibility index (Phi) is 7.07. The summed E-state index contributed by atoms with van der Waals surface area (Å²) in [6, 6.07) is 10.9. The standard InChI is InChI=1S/C19H25N3O3/c1-4-22(5-2)18-12-7-15(13-20-18)21-19(23)14-25-17-10-8-16(9-11-17)24-6-3/h7-13H,4-6,14H2,1-3H3,(H,21,23). The van der Waals surface area contributed by atoms with Crippen LogP contribution in [-0.4, -0.2) is 37.2 Å². The van der Waals surface area contributed by atoms with Crippen molar-refractivity contribution >= 4 is 17.4 Å². The Labute approximate surface area is 148 Å². The number of anilines is 2. The van der Waals surface area contributed by atoms with Gasteiger partial charge in [0.2, 0.25) is 0 Å². The number of carbonyl (C=O) groups is 1. The van der Waals surface area contributed by atoms with Gasteiger partial charge in [0.1, 0.15) is 17.3 Å². The van der Waals surface area contributed by atoms with Gasteiger partial charge in [0, 0.05) is 13.1 Å². The second-order valence-corrected chi connectivity index (χ2v) is 5.32. The molecule has 0 unspecified atom stereocenters. The molecule has 25 heavy (non-hydrogen) atoms. The van der Waals surface area contributed by atoms with Crippen molar-refractivity contribution < 1.29 is 14.3 Å². The zero-order valence-corrected chi connectivity index (χ0v) is 15.0. The monoisotopic (exact) mass is 343 g/mol. The van der Waals surface area contributed by atoms with Gasteiger partial charge in [0.15, 0.2) is 6.61 Å². The largest absolute Gasteiger partial charge is 0.494 e. The summed E-state index contributed by atoms with van der Waals surface area (Å²) < 4.78 is 10.8. The molecule has 1 heterocycles. The minimum absolute atomic E-state index is 0.0637. The van der Waals surface area contributed by atoms with Crippen LogP contribution < -0.4 is 19.7 Å². The Morgan fingerprint density at radius 3 is 2.16 bits per heavy atom. The van der Waals surface area contributed by atoms with Gasteiger partial charge in [0.25, 0.3) is 5.91 Å². The number of amides is 1. The first-order valence-corrected chi connectivity index (χ1v) is 8.52. The highest BCUT2D eigenvalue weighted by atomic mass is 16.5. The van der Waals surface area contributed by atoms with Crippen molar-refractivity contribution in [3.05, 3.63) is 42.6 Å². The molecule has 0 fully saturated rings. The summed E-state index contributed by atoms with van der Waals surface area (Å²) in [4.78, 5) is 18.5. The Morgan fingerprint density at radius 1 is 1.00 bits per heavy atom. The molecule has 1 N–H and O–H groups in total. The first-order chi connectivity index (χ1) is 12.2. The number of nitrogens with zero attached hydrogens (tertiary/aromatic N) is 2. The van der Waals surface area contributed by atoms with Crippen molar-refractivity contribution in [1.82, 2.24) is 4.98 Å². The number of benzene rings is 1. The second kappa shape index (κ2) is 9.52. The van der Waals surface area contributed by atoms with E-state index in [0.717, 1.165) is 24.7 Å². The van der Waals surface area contributed by atoms with E-state index in [-0.39, 0.29) is 12.5 Å². The number of hydrogen-bond donors (Lipinski definition) is 1. The highest BCUT2D eigenvalue weighted by Crippen LogP contribution is 2.18. The van der Waals surface area contributed by atoms with E-state index in [4.69, 9.17) is 9.47 Å². The molecule has 0 saturated carbocycles. The number of aromatic nitrogens is 1. The lowest BCUT2D eigenvalue weighted by Crippen LogP contribution is -2.23. The number of rotatable bonds is 9.